The van der Waals surface area contributed by atoms with Gasteiger partial charge in [0.1, 0.15) is 0 Å². The third-order valence-electron chi connectivity index (χ3n) is 3.08. The highest BCUT2D eigenvalue weighted by molar-refractivity contribution is 4.94. The van der Waals surface area contributed by atoms with Crippen LogP contribution >= 0.6 is 0 Å². The second-order valence-electron chi connectivity index (χ2n) is 4.42. The molecule has 0 bridgehead atoms. The molecule has 0 radical (unpaired) electrons. The minimum atomic E-state index is 0.913. The highest BCUT2D eigenvalue weighted by atomic mass is 14.8. The molecule has 0 heterocycles. The maximum absolute atomic E-state index is 4.01. The van der Waals surface area contributed by atoms with Gasteiger partial charge in [-0.1, -0.05) is 18.9 Å². The molecular formula is C12H23N. The topological polar surface area (TPSA) is 12.0 Å². The maximum Gasteiger partial charge on any atom is -0.00179 e. The second-order valence-corrected chi connectivity index (χ2v) is 4.42. The van der Waals surface area contributed by atoms with Gasteiger partial charge in [0.05, 0.1) is 0 Å². The minimum absolute atomic E-state index is 0.913. The molecule has 1 saturated carbocycles. The van der Waals surface area contributed by atoms with Crippen molar-refractivity contribution in [2.24, 2.45) is 11.8 Å². The summed E-state index contributed by atoms with van der Waals surface area (Å²) in [5.74, 6) is 1.83. The van der Waals surface area contributed by atoms with Crippen LogP contribution < -0.4 is 5.32 Å². The van der Waals surface area contributed by atoms with Crippen LogP contribution in [0.3, 0.4) is 0 Å². The van der Waals surface area contributed by atoms with Gasteiger partial charge in [0.25, 0.3) is 0 Å². The van der Waals surface area contributed by atoms with Crippen molar-refractivity contribution in [3.05, 3.63) is 12.2 Å². The average molecular weight is 181 g/mol. The van der Waals surface area contributed by atoms with Gasteiger partial charge in [0.15, 0.2) is 0 Å². The minimum Gasteiger partial charge on any atom is -0.317 e. The second kappa shape index (κ2) is 5.43. The average Bonchev–Trinajstić information content (AvgIpc) is 2.48. The van der Waals surface area contributed by atoms with Crippen LogP contribution in [0.5, 0.6) is 0 Å². The first-order valence-corrected chi connectivity index (χ1v) is 5.59. The normalized spacial score (nSPS) is 27.8. The Hall–Kier alpha value is -0.300. The SMILES string of the molecule is C=C(C)CC1CCCC1CNCC. The molecule has 1 rings (SSSR count). The molecular weight excluding hydrogens is 158 g/mol. The smallest absolute Gasteiger partial charge is 0.00179 e. The molecule has 1 aliphatic carbocycles. The highest BCUT2D eigenvalue weighted by Crippen LogP contribution is 2.35. The van der Waals surface area contributed by atoms with Crippen molar-refractivity contribution in [2.45, 2.75) is 39.5 Å². The standard InChI is InChI=1S/C12H23N/c1-4-13-9-12-7-5-6-11(12)8-10(2)3/h11-13H,2,4-9H2,1,3H3. The molecule has 76 valence electrons. The first kappa shape index (κ1) is 10.8. The van der Waals surface area contributed by atoms with Crippen LogP contribution in [0.1, 0.15) is 39.5 Å². The van der Waals surface area contributed by atoms with E-state index in [4.69, 9.17) is 0 Å². The van der Waals surface area contributed by atoms with Gasteiger partial charge in [0.2, 0.25) is 0 Å². The van der Waals surface area contributed by atoms with Crippen LogP contribution in [0.4, 0.5) is 0 Å². The monoisotopic (exact) mass is 181 g/mol. The Morgan fingerprint density at radius 3 is 2.69 bits per heavy atom. The third kappa shape index (κ3) is 3.51. The quantitative estimate of drug-likeness (QED) is 0.643. The lowest BCUT2D eigenvalue weighted by Crippen LogP contribution is -2.25. The molecule has 2 atom stereocenters. The first-order chi connectivity index (χ1) is 6.24. The predicted molar refractivity (Wildman–Crippen MR) is 58.8 cm³/mol. The Labute approximate surface area is 82.6 Å². The van der Waals surface area contributed by atoms with Crippen molar-refractivity contribution in [1.82, 2.24) is 5.32 Å². The Balaban J connectivity index is 2.30. The molecule has 13 heavy (non-hydrogen) atoms. The van der Waals surface area contributed by atoms with Gasteiger partial charge in [-0.3, -0.25) is 0 Å². The molecule has 0 aromatic heterocycles. The molecule has 0 amide bonds. The molecule has 0 aliphatic heterocycles. The number of rotatable bonds is 5. The van der Waals surface area contributed by atoms with Gasteiger partial charge in [-0.25, -0.2) is 0 Å². The van der Waals surface area contributed by atoms with E-state index in [1.165, 1.54) is 37.8 Å². The summed E-state index contributed by atoms with van der Waals surface area (Å²) in [6.07, 6.45) is 5.51. The molecule has 0 saturated heterocycles. The molecule has 1 fully saturated rings. The fraction of sp³-hybridized carbons (Fsp3) is 0.833. The van der Waals surface area contributed by atoms with E-state index in [2.05, 4.69) is 25.7 Å². The molecule has 1 N–H and O–H groups in total. The highest BCUT2D eigenvalue weighted by Gasteiger charge is 2.26. The summed E-state index contributed by atoms with van der Waals surface area (Å²) in [5, 5.41) is 3.46. The number of allylic oxidation sites excluding steroid dienone is 1. The van der Waals surface area contributed by atoms with Crippen molar-refractivity contribution in [3.63, 3.8) is 0 Å². The van der Waals surface area contributed by atoms with Crippen LogP contribution in [-0.2, 0) is 0 Å². The van der Waals surface area contributed by atoms with Crippen LogP contribution in [0.2, 0.25) is 0 Å². The Kier molecular flexibility index (Phi) is 4.51. The van der Waals surface area contributed by atoms with Gasteiger partial charge in [0, 0.05) is 0 Å². The number of hydrogen-bond acceptors (Lipinski definition) is 1. The van der Waals surface area contributed by atoms with E-state index in [9.17, 15) is 0 Å². The van der Waals surface area contributed by atoms with E-state index in [1.54, 1.807) is 0 Å². The van der Waals surface area contributed by atoms with Gasteiger partial charge in [-0.2, -0.15) is 0 Å². The van der Waals surface area contributed by atoms with E-state index in [-0.39, 0.29) is 0 Å². The Morgan fingerprint density at radius 2 is 2.08 bits per heavy atom. The summed E-state index contributed by atoms with van der Waals surface area (Å²) in [6.45, 7) is 10.7. The molecule has 1 heteroatoms. The maximum atomic E-state index is 4.01. The van der Waals surface area contributed by atoms with E-state index in [1.807, 2.05) is 0 Å². The summed E-state index contributed by atoms with van der Waals surface area (Å²) < 4.78 is 0. The number of nitrogens with one attached hydrogen (secondary N) is 1. The summed E-state index contributed by atoms with van der Waals surface area (Å²) >= 11 is 0. The molecule has 2 unspecified atom stereocenters. The van der Waals surface area contributed by atoms with Crippen molar-refractivity contribution >= 4 is 0 Å². The lowest BCUT2D eigenvalue weighted by Gasteiger charge is -2.19. The van der Waals surface area contributed by atoms with Crippen LogP contribution in [0.25, 0.3) is 0 Å². The van der Waals surface area contributed by atoms with E-state index in [0.717, 1.165) is 18.4 Å². The zero-order valence-corrected chi connectivity index (χ0v) is 9.10. The van der Waals surface area contributed by atoms with Crippen LogP contribution in [0, 0.1) is 11.8 Å². The van der Waals surface area contributed by atoms with E-state index < -0.39 is 0 Å². The summed E-state index contributed by atoms with van der Waals surface area (Å²) in [7, 11) is 0. The van der Waals surface area contributed by atoms with E-state index >= 15 is 0 Å². The molecule has 1 nitrogen and oxygen atoms in total. The molecule has 0 aromatic carbocycles. The Bertz CT molecular complexity index is 163. The van der Waals surface area contributed by atoms with Crippen LogP contribution in [-0.4, -0.2) is 13.1 Å². The van der Waals surface area contributed by atoms with Gasteiger partial charge in [-0.15, -0.1) is 6.58 Å². The van der Waals surface area contributed by atoms with Crippen molar-refractivity contribution in [2.75, 3.05) is 13.1 Å². The van der Waals surface area contributed by atoms with Crippen molar-refractivity contribution < 1.29 is 0 Å². The third-order valence-corrected chi connectivity index (χ3v) is 3.08. The lowest BCUT2D eigenvalue weighted by atomic mass is 9.90. The summed E-state index contributed by atoms with van der Waals surface area (Å²) in [4.78, 5) is 0. The molecule has 0 spiro atoms. The van der Waals surface area contributed by atoms with Gasteiger partial charge < -0.3 is 5.32 Å². The van der Waals surface area contributed by atoms with Gasteiger partial charge >= 0.3 is 0 Å². The predicted octanol–water partition coefficient (Wildman–Crippen LogP) is 2.98. The lowest BCUT2D eigenvalue weighted by molar-refractivity contribution is 0.368. The molecule has 1 aliphatic rings. The van der Waals surface area contributed by atoms with Crippen molar-refractivity contribution in [3.8, 4) is 0 Å². The van der Waals surface area contributed by atoms with Gasteiger partial charge in [-0.05, 0) is 51.1 Å². The number of hydrogen-bond donors (Lipinski definition) is 1. The first-order valence-electron chi connectivity index (χ1n) is 5.59. The molecule has 0 aromatic rings. The summed E-state index contributed by atoms with van der Waals surface area (Å²) in [5.41, 5.74) is 1.35. The van der Waals surface area contributed by atoms with Crippen LogP contribution in [0.15, 0.2) is 12.2 Å². The largest absolute Gasteiger partial charge is 0.317 e. The Morgan fingerprint density at radius 1 is 1.38 bits per heavy atom. The zero-order valence-electron chi connectivity index (χ0n) is 9.10. The zero-order chi connectivity index (χ0) is 9.68. The van der Waals surface area contributed by atoms with Crippen molar-refractivity contribution in [1.29, 1.82) is 0 Å². The fourth-order valence-corrected chi connectivity index (χ4v) is 2.43. The summed E-state index contributed by atoms with van der Waals surface area (Å²) in [6, 6.07) is 0. The fourth-order valence-electron chi connectivity index (χ4n) is 2.43. The van der Waals surface area contributed by atoms with E-state index in [0.29, 0.717) is 0 Å².